The first kappa shape index (κ1) is 32.3. The van der Waals surface area contributed by atoms with Crippen LogP contribution in [-0.2, 0) is 5.41 Å². The van der Waals surface area contributed by atoms with Gasteiger partial charge in [-0.3, -0.25) is 0 Å². The van der Waals surface area contributed by atoms with Crippen molar-refractivity contribution < 1.29 is 0 Å². The van der Waals surface area contributed by atoms with Crippen LogP contribution in [0, 0.1) is 6.57 Å². The molecule has 1 aromatic heterocycles. The van der Waals surface area contributed by atoms with Crippen LogP contribution in [0.25, 0.3) is 71.8 Å². The van der Waals surface area contributed by atoms with E-state index in [9.17, 15) is 0 Å². The van der Waals surface area contributed by atoms with Crippen LogP contribution in [0.2, 0.25) is 0 Å². The molecule has 1 aliphatic rings. The number of hydrogen-bond donors (Lipinski definition) is 0. The summed E-state index contributed by atoms with van der Waals surface area (Å²) < 4.78 is 0. The normalized spacial score (nSPS) is 12.5. The SMILES string of the molecule is [C-]#[N+]c1cccc2c1-c1c(-c3ccccc3-c3cc(-c4ccccc4)nc(-c4ccc5ccccc5c4)n3)cccc1C2(c1ccccc1)c1ccccc1. The van der Waals surface area contributed by atoms with Crippen molar-refractivity contribution in [2.75, 3.05) is 0 Å². The average Bonchev–Trinajstić information content (AvgIpc) is 3.58. The molecule has 0 amide bonds. The summed E-state index contributed by atoms with van der Waals surface area (Å²) in [7, 11) is 0. The Morgan fingerprint density at radius 3 is 1.67 bits per heavy atom. The van der Waals surface area contributed by atoms with Crippen LogP contribution < -0.4 is 0 Å². The Labute approximate surface area is 320 Å². The van der Waals surface area contributed by atoms with Gasteiger partial charge in [0.25, 0.3) is 0 Å². The van der Waals surface area contributed by atoms with Gasteiger partial charge in [-0.25, -0.2) is 14.8 Å². The van der Waals surface area contributed by atoms with Crippen LogP contribution in [0.15, 0.2) is 200 Å². The topological polar surface area (TPSA) is 30.1 Å². The van der Waals surface area contributed by atoms with Gasteiger partial charge < -0.3 is 0 Å². The van der Waals surface area contributed by atoms with E-state index in [1.54, 1.807) is 0 Å². The molecular formula is C52H33N3. The van der Waals surface area contributed by atoms with E-state index >= 15 is 0 Å². The molecule has 256 valence electrons. The molecule has 1 heterocycles. The van der Waals surface area contributed by atoms with Crippen molar-refractivity contribution in [3.05, 3.63) is 234 Å². The standard InChI is InChI=1S/C52H33N3/c1-53-46-30-16-29-45-50(46)49-43(27-15-28-44(49)52(45,39-21-7-3-8-22-39)40-23-9-4-10-24-40)41-25-13-14-26-42(41)48-34-47(36-18-5-2-6-19-36)54-51(55-48)38-32-31-35-17-11-12-20-37(35)33-38/h2-34H. The molecule has 0 spiro atoms. The molecule has 0 fully saturated rings. The van der Waals surface area contributed by atoms with Crippen molar-refractivity contribution in [2.24, 2.45) is 0 Å². The van der Waals surface area contributed by atoms with E-state index in [-0.39, 0.29) is 0 Å². The first-order valence-electron chi connectivity index (χ1n) is 18.5. The second-order valence-corrected chi connectivity index (χ2v) is 14.0. The summed E-state index contributed by atoms with van der Waals surface area (Å²) in [5.74, 6) is 0.669. The van der Waals surface area contributed by atoms with E-state index in [1.165, 1.54) is 5.39 Å². The Balaban J connectivity index is 1.25. The van der Waals surface area contributed by atoms with Gasteiger partial charge in [-0.1, -0.05) is 188 Å². The van der Waals surface area contributed by atoms with Crippen LogP contribution in [0.5, 0.6) is 0 Å². The molecular weight excluding hydrogens is 667 g/mol. The van der Waals surface area contributed by atoms with E-state index in [4.69, 9.17) is 16.5 Å². The lowest BCUT2D eigenvalue weighted by Gasteiger charge is -2.34. The summed E-state index contributed by atoms with van der Waals surface area (Å²) in [6.07, 6.45) is 0. The second-order valence-electron chi connectivity index (χ2n) is 14.0. The van der Waals surface area contributed by atoms with Gasteiger partial charge in [-0.2, -0.15) is 0 Å². The second kappa shape index (κ2) is 13.2. The predicted octanol–water partition coefficient (Wildman–Crippen LogP) is 13.2. The zero-order valence-corrected chi connectivity index (χ0v) is 29.9. The Morgan fingerprint density at radius 2 is 0.964 bits per heavy atom. The number of rotatable bonds is 6. The molecule has 3 nitrogen and oxygen atoms in total. The number of benzene rings is 8. The molecule has 0 aliphatic heterocycles. The minimum Gasteiger partial charge on any atom is -0.238 e. The molecule has 0 saturated heterocycles. The Kier molecular flexibility index (Phi) is 7.75. The maximum Gasteiger partial charge on any atom is 0.195 e. The van der Waals surface area contributed by atoms with Crippen molar-refractivity contribution >= 4 is 16.5 Å². The fraction of sp³-hybridized carbons (Fsp3) is 0.0192. The zero-order chi connectivity index (χ0) is 36.8. The van der Waals surface area contributed by atoms with E-state index < -0.39 is 5.41 Å². The third-order valence-corrected chi connectivity index (χ3v) is 11.0. The molecule has 8 aromatic carbocycles. The quantitative estimate of drug-likeness (QED) is 0.162. The average molecular weight is 700 g/mol. The highest BCUT2D eigenvalue weighted by atomic mass is 14.9. The van der Waals surface area contributed by atoms with Crippen molar-refractivity contribution in [2.45, 2.75) is 5.41 Å². The molecule has 0 saturated carbocycles. The maximum atomic E-state index is 8.41. The van der Waals surface area contributed by atoms with Crippen LogP contribution in [-0.4, -0.2) is 9.97 Å². The lowest BCUT2D eigenvalue weighted by Crippen LogP contribution is -2.28. The third kappa shape index (κ3) is 5.19. The first-order chi connectivity index (χ1) is 27.2. The minimum absolute atomic E-state index is 0.627. The van der Waals surface area contributed by atoms with Gasteiger partial charge in [0.15, 0.2) is 11.5 Å². The van der Waals surface area contributed by atoms with Crippen molar-refractivity contribution in [3.8, 4) is 56.2 Å². The molecule has 9 aromatic rings. The van der Waals surface area contributed by atoms with Crippen molar-refractivity contribution in [3.63, 3.8) is 0 Å². The summed E-state index contributed by atoms with van der Waals surface area (Å²) in [5.41, 5.74) is 13.5. The Bertz CT molecular complexity index is 2890. The summed E-state index contributed by atoms with van der Waals surface area (Å²) in [5, 5.41) is 2.32. The molecule has 55 heavy (non-hydrogen) atoms. The van der Waals surface area contributed by atoms with E-state index in [0.717, 1.165) is 78.0 Å². The summed E-state index contributed by atoms with van der Waals surface area (Å²) in [4.78, 5) is 14.6. The van der Waals surface area contributed by atoms with E-state index in [1.807, 2.05) is 30.3 Å². The molecule has 1 aliphatic carbocycles. The third-order valence-electron chi connectivity index (χ3n) is 11.0. The van der Waals surface area contributed by atoms with Crippen LogP contribution in [0.1, 0.15) is 22.3 Å². The molecule has 3 heteroatoms. The van der Waals surface area contributed by atoms with Gasteiger partial charge in [0.2, 0.25) is 0 Å². The fourth-order valence-corrected chi connectivity index (χ4v) is 8.62. The monoisotopic (exact) mass is 699 g/mol. The van der Waals surface area contributed by atoms with Gasteiger partial charge in [0, 0.05) is 16.7 Å². The smallest absolute Gasteiger partial charge is 0.195 e. The zero-order valence-electron chi connectivity index (χ0n) is 29.9. The minimum atomic E-state index is -0.627. The Hall–Kier alpha value is -7.41. The number of nitrogens with zero attached hydrogens (tertiary/aromatic N) is 3. The highest BCUT2D eigenvalue weighted by molar-refractivity contribution is 6.02. The fourth-order valence-electron chi connectivity index (χ4n) is 8.62. The summed E-state index contributed by atoms with van der Waals surface area (Å²) >= 11 is 0. The maximum absolute atomic E-state index is 8.41. The molecule has 0 unspecified atom stereocenters. The van der Waals surface area contributed by atoms with Crippen LogP contribution in [0.3, 0.4) is 0 Å². The molecule has 0 N–H and O–H groups in total. The van der Waals surface area contributed by atoms with Crippen LogP contribution >= 0.6 is 0 Å². The summed E-state index contributed by atoms with van der Waals surface area (Å²) in [6, 6.07) is 70.1. The molecule has 0 atom stereocenters. The van der Waals surface area contributed by atoms with Gasteiger partial charge in [-0.15, -0.1) is 0 Å². The Morgan fingerprint density at radius 1 is 0.400 bits per heavy atom. The van der Waals surface area contributed by atoms with Crippen molar-refractivity contribution in [1.29, 1.82) is 0 Å². The number of hydrogen-bond acceptors (Lipinski definition) is 2. The highest BCUT2D eigenvalue weighted by Gasteiger charge is 2.47. The summed E-state index contributed by atoms with van der Waals surface area (Å²) in [6.45, 7) is 8.41. The number of aromatic nitrogens is 2. The van der Waals surface area contributed by atoms with E-state index in [0.29, 0.717) is 11.5 Å². The van der Waals surface area contributed by atoms with Gasteiger partial charge in [-0.05, 0) is 67.4 Å². The first-order valence-corrected chi connectivity index (χ1v) is 18.5. The van der Waals surface area contributed by atoms with Crippen LogP contribution in [0.4, 0.5) is 5.69 Å². The molecule has 0 bridgehead atoms. The molecule has 10 rings (SSSR count). The lowest BCUT2D eigenvalue weighted by molar-refractivity contribution is 0.769. The number of fused-ring (bicyclic) bond motifs is 4. The van der Waals surface area contributed by atoms with Crippen molar-refractivity contribution in [1.82, 2.24) is 9.97 Å². The van der Waals surface area contributed by atoms with Gasteiger partial charge in [0.1, 0.15) is 0 Å². The van der Waals surface area contributed by atoms with Gasteiger partial charge >= 0.3 is 0 Å². The highest BCUT2D eigenvalue weighted by Crippen LogP contribution is 2.60. The lowest BCUT2D eigenvalue weighted by atomic mass is 9.67. The van der Waals surface area contributed by atoms with E-state index in [2.05, 4.69) is 175 Å². The predicted molar refractivity (Wildman–Crippen MR) is 225 cm³/mol. The van der Waals surface area contributed by atoms with Gasteiger partial charge in [0.05, 0.1) is 23.4 Å². The largest absolute Gasteiger partial charge is 0.238 e. The molecule has 0 radical (unpaired) electrons.